The number of aliphatic carboxylic acids is 1. The van der Waals surface area contributed by atoms with Crippen LogP contribution in [-0.4, -0.2) is 31.3 Å². The van der Waals surface area contributed by atoms with Gasteiger partial charge < -0.3 is 20.5 Å². The molecular formula is C28H29N3O3. The molecule has 1 aliphatic heterocycles. The fourth-order valence-electron chi connectivity index (χ4n) is 4.75. The van der Waals surface area contributed by atoms with Gasteiger partial charge in [-0.25, -0.2) is 0 Å². The summed E-state index contributed by atoms with van der Waals surface area (Å²) in [6.07, 6.45) is 1.55. The molecular weight excluding hydrogens is 426 g/mol. The summed E-state index contributed by atoms with van der Waals surface area (Å²) in [6.45, 7) is 1.55. The largest absolute Gasteiger partial charge is 0.496 e. The van der Waals surface area contributed by atoms with Crippen LogP contribution in [-0.2, 0) is 24.1 Å². The zero-order valence-electron chi connectivity index (χ0n) is 19.3. The Morgan fingerprint density at radius 1 is 1.21 bits per heavy atom. The Morgan fingerprint density at radius 3 is 2.76 bits per heavy atom. The van der Waals surface area contributed by atoms with Gasteiger partial charge >= 0.3 is 5.97 Å². The van der Waals surface area contributed by atoms with Gasteiger partial charge in [0.25, 0.3) is 0 Å². The van der Waals surface area contributed by atoms with E-state index in [0.717, 1.165) is 53.9 Å². The third-order valence-corrected chi connectivity index (χ3v) is 6.41. The molecule has 0 bridgehead atoms. The number of benzene rings is 3. The number of anilines is 1. The fraction of sp³-hybridized carbons (Fsp3) is 0.286. The van der Waals surface area contributed by atoms with E-state index in [0.29, 0.717) is 5.75 Å². The minimum atomic E-state index is -0.857. The van der Waals surface area contributed by atoms with Gasteiger partial charge in [0.1, 0.15) is 5.75 Å². The number of hydrogen-bond donors (Lipinski definition) is 3. The fourth-order valence-corrected chi connectivity index (χ4v) is 4.75. The molecule has 3 aromatic carbocycles. The van der Waals surface area contributed by atoms with Gasteiger partial charge in [0.15, 0.2) is 0 Å². The molecule has 0 saturated carbocycles. The number of carboxylic acid groups (broad SMARTS) is 1. The maximum absolute atomic E-state index is 11.0. The molecule has 34 heavy (non-hydrogen) atoms. The highest BCUT2D eigenvalue weighted by Gasteiger charge is 2.28. The molecule has 2 atom stereocenters. The maximum Gasteiger partial charge on any atom is 0.307 e. The molecule has 0 unspecified atom stereocenters. The minimum Gasteiger partial charge on any atom is -0.496 e. The van der Waals surface area contributed by atoms with Crippen molar-refractivity contribution >= 4 is 11.7 Å². The summed E-state index contributed by atoms with van der Waals surface area (Å²) in [5.41, 5.74) is 5.84. The first kappa shape index (κ1) is 23.3. The van der Waals surface area contributed by atoms with Gasteiger partial charge in [0.2, 0.25) is 0 Å². The van der Waals surface area contributed by atoms with Crippen LogP contribution in [0.15, 0.2) is 66.7 Å². The van der Waals surface area contributed by atoms with Crippen molar-refractivity contribution in [1.82, 2.24) is 5.32 Å². The summed E-state index contributed by atoms with van der Waals surface area (Å²) in [4.78, 5) is 11.0. The lowest BCUT2D eigenvalue weighted by Gasteiger charge is -2.34. The Bertz CT molecular complexity index is 1190. The number of carbonyl (C=O) groups is 1. The van der Waals surface area contributed by atoms with Crippen molar-refractivity contribution in [3.05, 3.63) is 94.5 Å². The van der Waals surface area contributed by atoms with Crippen LogP contribution in [0.3, 0.4) is 0 Å². The Balaban J connectivity index is 1.50. The quantitative estimate of drug-likeness (QED) is 0.444. The van der Waals surface area contributed by atoms with Crippen molar-refractivity contribution in [2.75, 3.05) is 25.5 Å². The number of ether oxygens (including phenoxy) is 1. The average Bonchev–Trinajstić information content (AvgIpc) is 2.86. The predicted octanol–water partition coefficient (Wildman–Crippen LogP) is 4.35. The van der Waals surface area contributed by atoms with E-state index >= 15 is 0 Å². The van der Waals surface area contributed by atoms with E-state index in [2.05, 4.69) is 41.0 Å². The van der Waals surface area contributed by atoms with Crippen LogP contribution in [0.2, 0.25) is 0 Å². The Hall–Kier alpha value is -3.82. The Kier molecular flexibility index (Phi) is 7.46. The smallest absolute Gasteiger partial charge is 0.307 e. The van der Waals surface area contributed by atoms with E-state index in [9.17, 15) is 10.1 Å². The zero-order chi connectivity index (χ0) is 23.9. The van der Waals surface area contributed by atoms with Crippen molar-refractivity contribution in [2.24, 2.45) is 5.92 Å². The highest BCUT2D eigenvalue weighted by Crippen LogP contribution is 2.34. The van der Waals surface area contributed by atoms with Crippen LogP contribution >= 0.6 is 0 Å². The van der Waals surface area contributed by atoms with Gasteiger partial charge in [-0.3, -0.25) is 4.79 Å². The third kappa shape index (κ3) is 5.38. The van der Waals surface area contributed by atoms with E-state index in [4.69, 9.17) is 9.84 Å². The summed E-state index contributed by atoms with van der Waals surface area (Å²) in [5.74, 6) is 0.136. The zero-order valence-corrected chi connectivity index (χ0v) is 19.3. The van der Waals surface area contributed by atoms with Crippen LogP contribution in [0.25, 0.3) is 0 Å². The molecule has 174 valence electrons. The van der Waals surface area contributed by atoms with Crippen LogP contribution in [0, 0.1) is 17.2 Å². The highest BCUT2D eigenvalue weighted by atomic mass is 16.5. The number of fused-ring (bicyclic) bond motifs is 1. The van der Waals surface area contributed by atoms with E-state index in [1.165, 1.54) is 5.56 Å². The lowest BCUT2D eigenvalue weighted by Crippen LogP contribution is -2.37. The number of nitriles is 1. The lowest BCUT2D eigenvalue weighted by atomic mass is 9.83. The van der Waals surface area contributed by atoms with Crippen LogP contribution < -0.4 is 15.4 Å². The van der Waals surface area contributed by atoms with Gasteiger partial charge in [-0.15, -0.1) is 0 Å². The van der Waals surface area contributed by atoms with Crippen LogP contribution in [0.1, 0.15) is 33.9 Å². The lowest BCUT2D eigenvalue weighted by molar-refractivity contribution is -0.136. The number of methoxy groups -OCH3 is 1. The van der Waals surface area contributed by atoms with Gasteiger partial charge in [0, 0.05) is 18.3 Å². The second kappa shape index (κ2) is 10.9. The molecule has 0 amide bonds. The topological polar surface area (TPSA) is 94.4 Å². The third-order valence-electron chi connectivity index (χ3n) is 6.41. The van der Waals surface area contributed by atoms with Crippen molar-refractivity contribution in [3.63, 3.8) is 0 Å². The summed E-state index contributed by atoms with van der Waals surface area (Å²) < 4.78 is 5.53. The first-order chi connectivity index (χ1) is 16.6. The summed E-state index contributed by atoms with van der Waals surface area (Å²) in [5, 5.41) is 25.9. The SMILES string of the molecule is COc1cc(CC(=O)O)ccc1CCN[C@H](c1ccccc1)[C@H]1CNc2cccc(C#N)c2C1. The molecule has 0 aromatic heterocycles. The molecule has 0 radical (unpaired) electrons. The van der Waals surface area contributed by atoms with Gasteiger partial charge in [-0.2, -0.15) is 5.26 Å². The standard InChI is InChI=1S/C28H29N3O3/c1-34-26-14-19(15-27(32)33)10-11-20(26)12-13-30-28(21-6-3-2-4-7-21)23-16-24-22(17-29)8-5-9-25(24)31-18-23/h2-11,14,23,28,30-31H,12-13,15-16,18H2,1H3,(H,32,33)/t23-,28-/m1/s1. The molecule has 0 saturated heterocycles. The second-order valence-electron chi connectivity index (χ2n) is 8.60. The molecule has 6 nitrogen and oxygen atoms in total. The van der Waals surface area contributed by atoms with E-state index in [1.54, 1.807) is 7.11 Å². The maximum atomic E-state index is 11.0. The molecule has 0 aliphatic carbocycles. The number of nitrogens with one attached hydrogen (secondary N) is 2. The highest BCUT2D eigenvalue weighted by molar-refractivity contribution is 5.70. The van der Waals surface area contributed by atoms with E-state index in [1.807, 2.05) is 42.5 Å². The monoisotopic (exact) mass is 455 g/mol. The Labute approximate surface area is 200 Å². The average molecular weight is 456 g/mol. The molecule has 6 heteroatoms. The number of hydrogen-bond acceptors (Lipinski definition) is 5. The molecule has 0 spiro atoms. The molecule has 0 fully saturated rings. The summed E-state index contributed by atoms with van der Waals surface area (Å²) in [7, 11) is 1.61. The summed E-state index contributed by atoms with van der Waals surface area (Å²) >= 11 is 0. The molecule has 1 heterocycles. The first-order valence-electron chi connectivity index (χ1n) is 11.5. The second-order valence-corrected chi connectivity index (χ2v) is 8.60. The van der Waals surface area contributed by atoms with Gasteiger partial charge in [0.05, 0.1) is 25.2 Å². The van der Waals surface area contributed by atoms with Crippen molar-refractivity contribution in [2.45, 2.75) is 25.3 Å². The number of nitrogens with zero attached hydrogens (tertiary/aromatic N) is 1. The van der Waals surface area contributed by atoms with Crippen LogP contribution in [0.4, 0.5) is 5.69 Å². The van der Waals surface area contributed by atoms with Gasteiger partial charge in [-0.1, -0.05) is 48.5 Å². The van der Waals surface area contributed by atoms with Gasteiger partial charge in [-0.05, 0) is 65.8 Å². The van der Waals surface area contributed by atoms with E-state index in [-0.39, 0.29) is 18.4 Å². The summed E-state index contributed by atoms with van der Waals surface area (Å²) in [6, 6.07) is 24.3. The van der Waals surface area contributed by atoms with Crippen molar-refractivity contribution in [1.29, 1.82) is 5.26 Å². The van der Waals surface area contributed by atoms with Crippen molar-refractivity contribution < 1.29 is 14.6 Å². The first-order valence-corrected chi connectivity index (χ1v) is 11.5. The van der Waals surface area contributed by atoms with Crippen LogP contribution in [0.5, 0.6) is 5.75 Å². The Morgan fingerprint density at radius 2 is 2.03 bits per heavy atom. The van der Waals surface area contributed by atoms with Crippen molar-refractivity contribution in [3.8, 4) is 11.8 Å². The number of carboxylic acids is 1. The number of rotatable bonds is 9. The minimum absolute atomic E-state index is 0.0220. The molecule has 1 aliphatic rings. The molecule has 3 aromatic rings. The van der Waals surface area contributed by atoms with E-state index < -0.39 is 5.97 Å². The normalized spacial score (nSPS) is 15.5. The predicted molar refractivity (Wildman–Crippen MR) is 132 cm³/mol. The molecule has 3 N–H and O–H groups in total. The molecule has 4 rings (SSSR count).